The van der Waals surface area contributed by atoms with E-state index < -0.39 is 0 Å². The zero-order valence-electron chi connectivity index (χ0n) is 17.6. The maximum absolute atomic E-state index is 14.3. The molecule has 6 heteroatoms. The molecular formula is C24H28FN3O2. The summed E-state index contributed by atoms with van der Waals surface area (Å²) in [4.78, 5) is 18.7. The Bertz CT molecular complexity index is 956. The highest BCUT2D eigenvalue weighted by atomic mass is 19.1. The van der Waals surface area contributed by atoms with E-state index in [-0.39, 0.29) is 23.5 Å². The molecule has 0 bridgehead atoms. The van der Waals surface area contributed by atoms with E-state index in [4.69, 9.17) is 4.42 Å². The average molecular weight is 410 g/mol. The molecule has 0 aliphatic rings. The van der Waals surface area contributed by atoms with Crippen LogP contribution in [0.4, 0.5) is 4.39 Å². The number of carbonyl (C=O) groups is 1. The third-order valence-corrected chi connectivity index (χ3v) is 4.95. The Balaban J connectivity index is 1.79. The first kappa shape index (κ1) is 21.7. The quantitative estimate of drug-likeness (QED) is 0.542. The summed E-state index contributed by atoms with van der Waals surface area (Å²) in [7, 11) is 0. The second-order valence-corrected chi connectivity index (χ2v) is 7.81. The normalized spacial score (nSPS) is 12.3. The van der Waals surface area contributed by atoms with E-state index in [1.807, 2.05) is 50.2 Å². The number of carbonyl (C=O) groups excluding carboxylic acids is 1. The van der Waals surface area contributed by atoms with Crippen molar-refractivity contribution in [2.24, 2.45) is 5.92 Å². The van der Waals surface area contributed by atoms with Crippen LogP contribution < -0.4 is 5.32 Å². The lowest BCUT2D eigenvalue weighted by atomic mass is 10.1. The van der Waals surface area contributed by atoms with Crippen LogP contribution in [-0.4, -0.2) is 22.3 Å². The first-order chi connectivity index (χ1) is 14.4. The molecule has 0 saturated heterocycles. The molecule has 1 aromatic heterocycles. The molecule has 0 saturated carbocycles. The smallest absolute Gasteiger partial charge is 0.273 e. The Kier molecular flexibility index (Phi) is 7.36. The number of benzene rings is 2. The van der Waals surface area contributed by atoms with Crippen LogP contribution in [0.15, 0.2) is 65.3 Å². The number of aromatic nitrogens is 1. The van der Waals surface area contributed by atoms with E-state index in [9.17, 15) is 9.18 Å². The van der Waals surface area contributed by atoms with E-state index in [0.29, 0.717) is 37.0 Å². The number of amides is 1. The van der Waals surface area contributed by atoms with Crippen LogP contribution >= 0.6 is 0 Å². The largest absolute Gasteiger partial charge is 0.447 e. The second kappa shape index (κ2) is 10.2. The predicted molar refractivity (Wildman–Crippen MR) is 114 cm³/mol. The van der Waals surface area contributed by atoms with Gasteiger partial charge < -0.3 is 9.73 Å². The molecule has 0 spiro atoms. The lowest BCUT2D eigenvalue weighted by Gasteiger charge is -2.28. The Morgan fingerprint density at radius 1 is 1.07 bits per heavy atom. The van der Waals surface area contributed by atoms with Gasteiger partial charge in [0, 0.05) is 24.7 Å². The molecule has 1 unspecified atom stereocenters. The monoisotopic (exact) mass is 409 g/mol. The fourth-order valence-corrected chi connectivity index (χ4v) is 3.17. The predicted octanol–water partition coefficient (Wildman–Crippen LogP) is 4.96. The molecule has 0 radical (unpaired) electrons. The highest BCUT2D eigenvalue weighted by molar-refractivity contribution is 5.91. The third kappa shape index (κ3) is 5.76. The van der Waals surface area contributed by atoms with Crippen molar-refractivity contribution >= 4 is 5.91 Å². The summed E-state index contributed by atoms with van der Waals surface area (Å²) in [5, 5.41) is 2.84. The topological polar surface area (TPSA) is 58.4 Å². The Morgan fingerprint density at radius 3 is 2.47 bits per heavy atom. The second-order valence-electron chi connectivity index (χ2n) is 7.81. The van der Waals surface area contributed by atoms with Gasteiger partial charge in [0.1, 0.15) is 12.1 Å². The van der Waals surface area contributed by atoms with Gasteiger partial charge in [-0.1, -0.05) is 62.4 Å². The van der Waals surface area contributed by atoms with Crippen LogP contribution in [0, 0.1) is 11.7 Å². The molecule has 3 aromatic rings. The van der Waals surface area contributed by atoms with Crippen LogP contribution in [0.2, 0.25) is 0 Å². The number of halogens is 1. The van der Waals surface area contributed by atoms with Gasteiger partial charge in [-0.2, -0.15) is 0 Å². The molecule has 0 fully saturated rings. The highest BCUT2D eigenvalue weighted by Gasteiger charge is 2.21. The minimum Gasteiger partial charge on any atom is -0.447 e. The van der Waals surface area contributed by atoms with E-state index in [1.54, 1.807) is 12.1 Å². The Hall–Kier alpha value is -2.99. The van der Waals surface area contributed by atoms with Gasteiger partial charge in [0.25, 0.3) is 5.91 Å². The highest BCUT2D eigenvalue weighted by Crippen LogP contribution is 2.25. The van der Waals surface area contributed by atoms with Crippen molar-refractivity contribution < 1.29 is 13.6 Å². The lowest BCUT2D eigenvalue weighted by molar-refractivity contribution is 0.0944. The average Bonchev–Trinajstić information content (AvgIpc) is 3.22. The van der Waals surface area contributed by atoms with Crippen molar-refractivity contribution in [3.05, 3.63) is 89.4 Å². The Labute approximate surface area is 176 Å². The first-order valence-electron chi connectivity index (χ1n) is 10.2. The maximum atomic E-state index is 14.3. The summed E-state index contributed by atoms with van der Waals surface area (Å²) in [6.45, 7) is 7.43. The van der Waals surface area contributed by atoms with Crippen molar-refractivity contribution in [2.75, 3.05) is 6.54 Å². The summed E-state index contributed by atoms with van der Waals surface area (Å²) in [6, 6.07) is 16.8. The van der Waals surface area contributed by atoms with Gasteiger partial charge >= 0.3 is 0 Å². The summed E-state index contributed by atoms with van der Waals surface area (Å²) in [5.41, 5.74) is 1.96. The fraction of sp³-hybridized carbons (Fsp3) is 0.333. The molecule has 1 amide bonds. The van der Waals surface area contributed by atoms with Crippen LogP contribution in [0.1, 0.15) is 54.3 Å². The molecule has 0 aliphatic heterocycles. The van der Waals surface area contributed by atoms with Crippen LogP contribution in [0.3, 0.4) is 0 Å². The van der Waals surface area contributed by atoms with Gasteiger partial charge in [0.05, 0.1) is 6.54 Å². The number of hydrogen-bond donors (Lipinski definition) is 1. The fourth-order valence-electron chi connectivity index (χ4n) is 3.17. The summed E-state index contributed by atoms with van der Waals surface area (Å²) >= 11 is 0. The molecule has 3 rings (SSSR count). The number of rotatable bonds is 9. The zero-order chi connectivity index (χ0) is 21.5. The van der Waals surface area contributed by atoms with Crippen LogP contribution in [0.25, 0.3) is 0 Å². The van der Waals surface area contributed by atoms with Crippen molar-refractivity contribution in [3.63, 3.8) is 0 Å². The number of oxazole rings is 1. The molecule has 2 aromatic carbocycles. The summed E-state index contributed by atoms with van der Waals surface area (Å²) in [5.74, 6) is 0.270. The standard InChI is InChI=1S/C24H28FN3O2/c1-17(2)13-26-24(29)22-16-30-23(27-22)15-28(14-20-11-7-8-12-21(20)25)18(3)19-9-5-4-6-10-19/h4-12,16-18H,13-15H2,1-3H3,(H,26,29). The van der Waals surface area contributed by atoms with Crippen molar-refractivity contribution in [1.29, 1.82) is 0 Å². The molecule has 5 nitrogen and oxygen atoms in total. The molecule has 30 heavy (non-hydrogen) atoms. The number of hydrogen-bond acceptors (Lipinski definition) is 4. The Morgan fingerprint density at radius 2 is 1.77 bits per heavy atom. The molecule has 1 atom stereocenters. The van der Waals surface area contributed by atoms with Gasteiger partial charge in [-0.05, 0) is 24.5 Å². The van der Waals surface area contributed by atoms with E-state index in [2.05, 4.69) is 22.1 Å². The molecule has 0 aliphatic carbocycles. The summed E-state index contributed by atoms with van der Waals surface area (Å²) in [6.07, 6.45) is 1.37. The van der Waals surface area contributed by atoms with Gasteiger partial charge in [0.15, 0.2) is 5.69 Å². The van der Waals surface area contributed by atoms with Crippen molar-refractivity contribution in [1.82, 2.24) is 15.2 Å². The summed E-state index contributed by atoms with van der Waals surface area (Å²) < 4.78 is 19.9. The first-order valence-corrected chi connectivity index (χ1v) is 10.2. The maximum Gasteiger partial charge on any atom is 0.273 e. The van der Waals surface area contributed by atoms with Gasteiger partial charge in [-0.3, -0.25) is 9.69 Å². The minimum absolute atomic E-state index is 0.00377. The van der Waals surface area contributed by atoms with Crippen LogP contribution in [0.5, 0.6) is 0 Å². The van der Waals surface area contributed by atoms with Gasteiger partial charge in [-0.15, -0.1) is 0 Å². The van der Waals surface area contributed by atoms with Crippen LogP contribution in [-0.2, 0) is 13.1 Å². The molecule has 1 heterocycles. The van der Waals surface area contributed by atoms with Gasteiger partial charge in [-0.25, -0.2) is 9.37 Å². The SMILES string of the molecule is CC(C)CNC(=O)c1coc(CN(Cc2ccccc2F)C(C)c2ccccc2)n1. The third-order valence-electron chi connectivity index (χ3n) is 4.95. The molecule has 158 valence electrons. The van der Waals surface area contributed by atoms with Gasteiger partial charge in [0.2, 0.25) is 5.89 Å². The molecule has 1 N–H and O–H groups in total. The van der Waals surface area contributed by atoms with E-state index in [1.165, 1.54) is 12.3 Å². The number of nitrogens with zero attached hydrogens (tertiary/aromatic N) is 2. The van der Waals surface area contributed by atoms with Crippen molar-refractivity contribution in [2.45, 2.75) is 39.9 Å². The van der Waals surface area contributed by atoms with Crippen molar-refractivity contribution in [3.8, 4) is 0 Å². The molecular weight excluding hydrogens is 381 g/mol. The zero-order valence-corrected chi connectivity index (χ0v) is 17.6. The van der Waals surface area contributed by atoms with E-state index >= 15 is 0 Å². The number of nitrogens with one attached hydrogen (secondary N) is 1. The van der Waals surface area contributed by atoms with E-state index in [0.717, 1.165) is 5.56 Å². The minimum atomic E-state index is -0.254. The lowest BCUT2D eigenvalue weighted by Crippen LogP contribution is -2.28.